The van der Waals surface area contributed by atoms with Crippen LogP contribution in [0.4, 0.5) is 48.3 Å². The molecule has 2 atom stereocenters. The van der Waals surface area contributed by atoms with Gasteiger partial charge < -0.3 is 0 Å². The van der Waals surface area contributed by atoms with Gasteiger partial charge in [-0.05, 0) is 11.6 Å². The molecule has 0 aliphatic rings. The molecule has 0 heterocycles. The van der Waals surface area contributed by atoms with Crippen molar-refractivity contribution in [2.45, 2.75) is 36.3 Å². The van der Waals surface area contributed by atoms with Crippen molar-refractivity contribution in [2.24, 2.45) is 0 Å². The summed E-state index contributed by atoms with van der Waals surface area (Å²) in [4.78, 5) is 0. The van der Waals surface area contributed by atoms with Crippen molar-refractivity contribution in [1.29, 1.82) is 0 Å². The number of allylic oxidation sites excluding steroid dienone is 1. The van der Waals surface area contributed by atoms with E-state index in [2.05, 4.69) is 23.2 Å². The zero-order chi connectivity index (χ0) is 18.1. The Morgan fingerprint density at radius 1 is 0.909 bits per heavy atom. The lowest BCUT2D eigenvalue weighted by Crippen LogP contribution is -2.63. The number of hydrogen-bond donors (Lipinski definition) is 0. The van der Waals surface area contributed by atoms with Gasteiger partial charge in [-0.25, -0.2) is 17.6 Å². The summed E-state index contributed by atoms with van der Waals surface area (Å²) in [5, 5.41) is -5.91. The van der Waals surface area contributed by atoms with Gasteiger partial charge in [0, 0.05) is 6.42 Å². The van der Waals surface area contributed by atoms with E-state index in [4.69, 9.17) is 0 Å². The number of halogens is 13. The third kappa shape index (κ3) is 3.55. The quantitative estimate of drug-likeness (QED) is 0.498. The lowest BCUT2D eigenvalue weighted by Gasteiger charge is -2.37. The predicted octanol–water partition coefficient (Wildman–Crippen LogP) is 5.84. The van der Waals surface area contributed by atoms with Crippen molar-refractivity contribution in [3.63, 3.8) is 0 Å². The maximum atomic E-state index is 13.7. The van der Waals surface area contributed by atoms with Crippen LogP contribution in [0.5, 0.6) is 0 Å². The minimum absolute atomic E-state index is 2.09. The van der Waals surface area contributed by atoms with Gasteiger partial charge in [-0.3, -0.25) is 4.39 Å². The lowest BCUT2D eigenvalue weighted by atomic mass is 9.89. The molecule has 0 saturated carbocycles. The van der Waals surface area contributed by atoms with Crippen molar-refractivity contribution in [3.05, 3.63) is 10.3 Å². The van der Waals surface area contributed by atoms with E-state index < -0.39 is 53.3 Å². The first-order valence-electron chi connectivity index (χ1n) is 5.00. The third-order valence-corrected chi connectivity index (χ3v) is 3.15. The highest BCUT2D eigenvalue weighted by molar-refractivity contribution is 6.39. The largest absolute Gasteiger partial charge is 0.434 e. The molecule has 0 aromatic rings. The van der Waals surface area contributed by atoms with E-state index in [0.717, 1.165) is 0 Å². The smallest absolute Gasteiger partial charge is 0.251 e. The van der Waals surface area contributed by atoms with Gasteiger partial charge in [0.2, 0.25) is 11.5 Å². The Labute approximate surface area is 125 Å². The summed E-state index contributed by atoms with van der Waals surface area (Å²) in [6, 6.07) is 0. The maximum absolute atomic E-state index is 13.7. The first kappa shape index (κ1) is 21.6. The zero-order valence-electron chi connectivity index (χ0n) is 9.91. The lowest BCUT2D eigenvalue weighted by molar-refractivity contribution is -0.316. The highest BCUT2D eigenvalue weighted by atomic mass is 35.5. The standard InChI is InChI=1S/C9H5Cl2F11/c10-3(4(11)13)7(17,9(20,21)22)8(18,19)5(14)6(15,16)1-2-12/h5H,1-2H2. The van der Waals surface area contributed by atoms with E-state index in [9.17, 15) is 48.3 Å². The molecule has 0 rings (SSSR count). The van der Waals surface area contributed by atoms with Crippen LogP contribution in [0.25, 0.3) is 0 Å². The second kappa shape index (κ2) is 6.58. The van der Waals surface area contributed by atoms with Crippen molar-refractivity contribution in [3.8, 4) is 0 Å². The molecule has 0 bridgehead atoms. The first-order chi connectivity index (χ1) is 9.57. The van der Waals surface area contributed by atoms with Gasteiger partial charge in [-0.2, -0.15) is 26.3 Å². The van der Waals surface area contributed by atoms with E-state index in [1.165, 1.54) is 0 Å². The van der Waals surface area contributed by atoms with E-state index in [0.29, 0.717) is 0 Å². The maximum Gasteiger partial charge on any atom is 0.434 e. The second-order valence-corrected chi connectivity index (χ2v) is 4.63. The average Bonchev–Trinajstić information content (AvgIpc) is 2.33. The normalized spacial score (nSPS) is 19.5. The summed E-state index contributed by atoms with van der Waals surface area (Å²) in [7, 11) is 0. The number of alkyl halides is 10. The molecule has 0 spiro atoms. The van der Waals surface area contributed by atoms with Gasteiger partial charge in [0.05, 0.1) is 6.67 Å². The molecule has 2 unspecified atom stereocenters. The summed E-state index contributed by atoms with van der Waals surface area (Å²) in [6.07, 6.45) is -14.2. The molecule has 0 aliphatic carbocycles. The van der Waals surface area contributed by atoms with Crippen molar-refractivity contribution >= 4 is 23.2 Å². The topological polar surface area (TPSA) is 0 Å². The van der Waals surface area contributed by atoms with Crippen LogP contribution in [0, 0.1) is 0 Å². The predicted molar refractivity (Wildman–Crippen MR) is 55.1 cm³/mol. The molecule has 132 valence electrons. The number of hydrogen-bond acceptors (Lipinski definition) is 0. The Morgan fingerprint density at radius 3 is 1.59 bits per heavy atom. The second-order valence-electron chi connectivity index (χ2n) is 3.92. The summed E-state index contributed by atoms with van der Waals surface area (Å²) >= 11 is 8.62. The molecule has 0 nitrogen and oxygen atoms in total. The van der Waals surface area contributed by atoms with Crippen LogP contribution < -0.4 is 0 Å². The van der Waals surface area contributed by atoms with Crippen LogP contribution in [-0.2, 0) is 0 Å². The van der Waals surface area contributed by atoms with Gasteiger partial charge in [0.25, 0.3) is 5.92 Å². The van der Waals surface area contributed by atoms with Gasteiger partial charge in [-0.1, -0.05) is 11.6 Å². The van der Waals surface area contributed by atoms with Crippen LogP contribution in [0.15, 0.2) is 10.3 Å². The summed E-state index contributed by atoms with van der Waals surface area (Å²) in [5.41, 5.74) is -6.38. The van der Waals surface area contributed by atoms with Crippen LogP contribution in [0.2, 0.25) is 0 Å². The average molecular weight is 393 g/mol. The first-order valence-corrected chi connectivity index (χ1v) is 5.75. The molecule has 0 amide bonds. The molecule has 0 N–H and O–H groups in total. The van der Waals surface area contributed by atoms with Gasteiger partial charge in [-0.15, -0.1) is 0 Å². The van der Waals surface area contributed by atoms with Gasteiger partial charge >= 0.3 is 17.8 Å². The molecular formula is C9H5Cl2F11. The van der Waals surface area contributed by atoms with E-state index in [1.54, 1.807) is 0 Å². The Bertz CT molecular complexity index is 426. The van der Waals surface area contributed by atoms with Crippen molar-refractivity contribution in [2.75, 3.05) is 6.67 Å². The van der Waals surface area contributed by atoms with Gasteiger partial charge in [0.15, 0.2) is 0 Å². The molecule has 0 fully saturated rings. The monoisotopic (exact) mass is 392 g/mol. The Kier molecular flexibility index (Phi) is 6.45. The molecule has 0 radical (unpaired) electrons. The van der Waals surface area contributed by atoms with E-state index in [1.807, 2.05) is 0 Å². The Hall–Kier alpha value is -0.450. The summed E-state index contributed by atoms with van der Waals surface area (Å²) < 4.78 is 141. The fourth-order valence-electron chi connectivity index (χ4n) is 1.28. The summed E-state index contributed by atoms with van der Waals surface area (Å²) in [5.74, 6) is -12.0. The highest BCUT2D eigenvalue weighted by Crippen LogP contribution is 2.56. The van der Waals surface area contributed by atoms with Crippen LogP contribution in [0.1, 0.15) is 6.42 Å². The molecular weight excluding hydrogens is 388 g/mol. The third-order valence-electron chi connectivity index (χ3n) is 2.44. The summed E-state index contributed by atoms with van der Waals surface area (Å²) in [6.45, 7) is -2.09. The van der Waals surface area contributed by atoms with Crippen LogP contribution in [0.3, 0.4) is 0 Å². The molecule has 13 heteroatoms. The van der Waals surface area contributed by atoms with E-state index >= 15 is 0 Å². The number of rotatable bonds is 6. The zero-order valence-corrected chi connectivity index (χ0v) is 11.4. The Balaban J connectivity index is 6.23. The van der Waals surface area contributed by atoms with E-state index in [-0.39, 0.29) is 0 Å². The van der Waals surface area contributed by atoms with Crippen LogP contribution >= 0.6 is 23.2 Å². The fourth-order valence-corrected chi connectivity index (χ4v) is 1.65. The highest BCUT2D eigenvalue weighted by Gasteiger charge is 2.79. The van der Waals surface area contributed by atoms with Crippen LogP contribution in [-0.4, -0.2) is 36.5 Å². The molecule has 0 aromatic heterocycles. The molecule has 0 saturated heterocycles. The van der Waals surface area contributed by atoms with Gasteiger partial charge in [0.1, 0.15) is 5.03 Å². The molecule has 22 heavy (non-hydrogen) atoms. The minimum atomic E-state index is -6.81. The SMILES string of the molecule is FCCC(F)(F)C(F)C(F)(F)C(F)(C(Cl)=C(F)Cl)C(F)(F)F. The molecule has 0 aliphatic heterocycles. The Morgan fingerprint density at radius 2 is 1.32 bits per heavy atom. The minimum Gasteiger partial charge on any atom is -0.251 e. The molecule has 0 aromatic carbocycles. The van der Waals surface area contributed by atoms with Crippen molar-refractivity contribution < 1.29 is 48.3 Å². The van der Waals surface area contributed by atoms with Crippen molar-refractivity contribution in [1.82, 2.24) is 0 Å². The fraction of sp³-hybridized carbons (Fsp3) is 0.778.